The number of benzene rings is 2. The van der Waals surface area contributed by atoms with Gasteiger partial charge in [-0.1, -0.05) is 29.8 Å². The lowest BCUT2D eigenvalue weighted by Gasteiger charge is -2.40. The van der Waals surface area contributed by atoms with Crippen molar-refractivity contribution in [3.8, 4) is 11.5 Å². The number of rotatable bonds is 10. The largest absolute Gasteiger partial charge is 0.492 e. The van der Waals surface area contributed by atoms with Crippen LogP contribution in [0.2, 0.25) is 5.02 Å². The van der Waals surface area contributed by atoms with Gasteiger partial charge in [0.25, 0.3) is 0 Å². The van der Waals surface area contributed by atoms with E-state index >= 15 is 0 Å². The summed E-state index contributed by atoms with van der Waals surface area (Å²) >= 11 is 6.06. The van der Waals surface area contributed by atoms with E-state index in [0.29, 0.717) is 18.2 Å². The molecule has 33 heavy (non-hydrogen) atoms. The molecule has 1 fully saturated rings. The summed E-state index contributed by atoms with van der Waals surface area (Å²) in [6, 6.07) is 15.9. The van der Waals surface area contributed by atoms with Crippen molar-refractivity contribution in [3.63, 3.8) is 0 Å². The number of methoxy groups -OCH3 is 1. The number of aryl methyl sites for hydroxylation is 1. The van der Waals surface area contributed by atoms with E-state index in [4.69, 9.17) is 25.8 Å². The van der Waals surface area contributed by atoms with Gasteiger partial charge in [0.05, 0.1) is 12.7 Å². The first-order valence-corrected chi connectivity index (χ1v) is 11.8. The Morgan fingerprint density at radius 1 is 1.03 bits per heavy atom. The van der Waals surface area contributed by atoms with Crippen molar-refractivity contribution < 1.29 is 14.2 Å². The van der Waals surface area contributed by atoms with Gasteiger partial charge in [0.2, 0.25) is 0 Å². The normalized spacial score (nSPS) is 16.0. The number of ether oxygens (including phenoxy) is 3. The van der Waals surface area contributed by atoms with Crippen LogP contribution < -0.4 is 9.47 Å². The Labute approximate surface area is 201 Å². The van der Waals surface area contributed by atoms with E-state index in [2.05, 4.69) is 22.1 Å². The van der Waals surface area contributed by atoms with Gasteiger partial charge in [-0.15, -0.1) is 0 Å². The number of nitrogens with zero attached hydrogens (tertiary/aromatic N) is 3. The topological polar surface area (TPSA) is 48.8 Å². The molecule has 6 nitrogen and oxygen atoms in total. The second-order valence-electron chi connectivity index (χ2n) is 8.68. The molecule has 0 amide bonds. The molecule has 1 saturated heterocycles. The van der Waals surface area contributed by atoms with E-state index in [0.717, 1.165) is 56.1 Å². The molecule has 0 N–H and O–H groups in total. The van der Waals surface area contributed by atoms with Gasteiger partial charge in [-0.25, -0.2) is 0 Å². The van der Waals surface area contributed by atoms with Crippen molar-refractivity contribution in [2.24, 2.45) is 0 Å². The van der Waals surface area contributed by atoms with E-state index in [1.54, 1.807) is 7.11 Å². The lowest BCUT2D eigenvalue weighted by molar-refractivity contribution is -0.0839. The highest BCUT2D eigenvalue weighted by Gasteiger charge is 2.35. The standard InChI is InChI=1S/C26H32ClN3O3/c1-21-17-28-30(18-21)14-15-32-24-8-6-22(7-9-24)19-29-12-10-26(31-2,11-13-29)20-33-25-5-3-4-23(27)16-25/h3-9,16-18H,10-15,19-20H2,1-2H3. The molecule has 1 aliphatic rings. The molecule has 7 heteroatoms. The second-order valence-corrected chi connectivity index (χ2v) is 9.12. The quantitative estimate of drug-likeness (QED) is 0.419. The number of likely N-dealkylation sites (tertiary alicyclic amines) is 1. The summed E-state index contributed by atoms with van der Waals surface area (Å²) in [5.41, 5.74) is 2.18. The fourth-order valence-electron chi connectivity index (χ4n) is 4.09. The van der Waals surface area contributed by atoms with E-state index in [1.807, 2.05) is 60.4 Å². The van der Waals surface area contributed by atoms with Crippen LogP contribution in [0.3, 0.4) is 0 Å². The molecule has 1 aromatic heterocycles. The zero-order chi connectivity index (χ0) is 23.1. The monoisotopic (exact) mass is 469 g/mol. The molecule has 176 valence electrons. The molecule has 0 bridgehead atoms. The van der Waals surface area contributed by atoms with Crippen molar-refractivity contribution in [2.75, 3.05) is 33.4 Å². The maximum Gasteiger partial charge on any atom is 0.120 e. The molecular weight excluding hydrogens is 438 g/mol. The first kappa shape index (κ1) is 23.6. The fraction of sp³-hybridized carbons (Fsp3) is 0.423. The highest BCUT2D eigenvalue weighted by Crippen LogP contribution is 2.29. The Morgan fingerprint density at radius 3 is 2.48 bits per heavy atom. The first-order chi connectivity index (χ1) is 16.0. The number of aromatic nitrogens is 2. The number of hydrogen-bond donors (Lipinski definition) is 0. The predicted molar refractivity (Wildman–Crippen MR) is 130 cm³/mol. The molecule has 0 saturated carbocycles. The van der Waals surface area contributed by atoms with Crippen molar-refractivity contribution in [2.45, 2.75) is 38.5 Å². The number of hydrogen-bond acceptors (Lipinski definition) is 5. The summed E-state index contributed by atoms with van der Waals surface area (Å²) in [6.45, 7) is 6.76. The van der Waals surface area contributed by atoms with Gasteiger partial charge in [0.1, 0.15) is 30.3 Å². The van der Waals surface area contributed by atoms with Crippen LogP contribution >= 0.6 is 11.6 Å². The summed E-state index contributed by atoms with van der Waals surface area (Å²) in [6.07, 6.45) is 5.74. The van der Waals surface area contributed by atoms with Crippen LogP contribution in [0.5, 0.6) is 11.5 Å². The van der Waals surface area contributed by atoms with Crippen molar-refractivity contribution in [3.05, 3.63) is 77.1 Å². The smallest absolute Gasteiger partial charge is 0.120 e. The molecule has 2 heterocycles. The first-order valence-electron chi connectivity index (χ1n) is 11.4. The summed E-state index contributed by atoms with van der Waals surface area (Å²) in [5, 5.41) is 4.96. The van der Waals surface area contributed by atoms with E-state index in [1.165, 1.54) is 5.56 Å². The lowest BCUT2D eigenvalue weighted by Crippen LogP contribution is -2.48. The average Bonchev–Trinajstić information content (AvgIpc) is 3.25. The molecule has 2 aromatic carbocycles. The molecule has 0 unspecified atom stereocenters. The molecule has 0 spiro atoms. The Morgan fingerprint density at radius 2 is 1.82 bits per heavy atom. The lowest BCUT2D eigenvalue weighted by atomic mass is 9.91. The van der Waals surface area contributed by atoms with Gasteiger partial charge in [-0.3, -0.25) is 9.58 Å². The van der Waals surface area contributed by atoms with Crippen molar-refractivity contribution in [1.29, 1.82) is 0 Å². The van der Waals surface area contributed by atoms with Gasteiger partial charge in [-0.05, 0) is 61.2 Å². The van der Waals surface area contributed by atoms with Crippen LogP contribution in [0.1, 0.15) is 24.0 Å². The van der Waals surface area contributed by atoms with Gasteiger partial charge >= 0.3 is 0 Å². The van der Waals surface area contributed by atoms with Crippen LogP contribution in [0.4, 0.5) is 0 Å². The minimum absolute atomic E-state index is 0.260. The third kappa shape index (κ3) is 6.73. The SMILES string of the molecule is COC1(COc2cccc(Cl)c2)CCN(Cc2ccc(OCCn3cc(C)cn3)cc2)CC1. The maximum atomic E-state index is 6.06. The number of halogens is 1. The van der Waals surface area contributed by atoms with Crippen LogP contribution in [-0.4, -0.2) is 53.7 Å². The summed E-state index contributed by atoms with van der Waals surface area (Å²) in [7, 11) is 1.78. The molecule has 1 aliphatic heterocycles. The number of piperidine rings is 1. The van der Waals surface area contributed by atoms with E-state index < -0.39 is 0 Å². The second kappa shape index (κ2) is 11.1. The highest BCUT2D eigenvalue weighted by molar-refractivity contribution is 6.30. The predicted octanol–water partition coefficient (Wildman–Crippen LogP) is 4.98. The Balaban J connectivity index is 1.21. The average molecular weight is 470 g/mol. The zero-order valence-corrected chi connectivity index (χ0v) is 20.1. The molecule has 3 aromatic rings. The summed E-state index contributed by atoms with van der Waals surface area (Å²) in [5.74, 6) is 1.67. The van der Waals surface area contributed by atoms with Crippen LogP contribution in [-0.2, 0) is 17.8 Å². The molecule has 0 atom stereocenters. The van der Waals surface area contributed by atoms with Gasteiger partial charge in [0, 0.05) is 38.0 Å². The Hall–Kier alpha value is -2.54. The van der Waals surface area contributed by atoms with Crippen LogP contribution in [0.25, 0.3) is 0 Å². The van der Waals surface area contributed by atoms with E-state index in [9.17, 15) is 0 Å². The third-order valence-electron chi connectivity index (χ3n) is 6.18. The zero-order valence-electron chi connectivity index (χ0n) is 19.4. The third-order valence-corrected chi connectivity index (χ3v) is 6.41. The minimum Gasteiger partial charge on any atom is -0.492 e. The summed E-state index contributed by atoms with van der Waals surface area (Å²) in [4.78, 5) is 2.46. The molecule has 0 radical (unpaired) electrons. The molecule has 0 aliphatic carbocycles. The minimum atomic E-state index is -0.260. The maximum absolute atomic E-state index is 6.06. The van der Waals surface area contributed by atoms with E-state index in [-0.39, 0.29) is 5.60 Å². The Kier molecular flexibility index (Phi) is 7.91. The van der Waals surface area contributed by atoms with Gasteiger partial charge < -0.3 is 14.2 Å². The fourth-order valence-corrected chi connectivity index (χ4v) is 4.27. The highest BCUT2D eigenvalue weighted by atomic mass is 35.5. The molecular formula is C26H32ClN3O3. The van der Waals surface area contributed by atoms with Crippen molar-refractivity contribution in [1.82, 2.24) is 14.7 Å². The van der Waals surface area contributed by atoms with Gasteiger partial charge in [-0.2, -0.15) is 5.10 Å². The van der Waals surface area contributed by atoms with Gasteiger partial charge in [0.15, 0.2) is 0 Å². The summed E-state index contributed by atoms with van der Waals surface area (Å²) < 4.78 is 19.7. The Bertz CT molecular complexity index is 1010. The molecule has 4 rings (SSSR count). The van der Waals surface area contributed by atoms with Crippen LogP contribution in [0.15, 0.2) is 60.9 Å². The van der Waals surface area contributed by atoms with Crippen molar-refractivity contribution >= 4 is 11.6 Å². The van der Waals surface area contributed by atoms with Crippen LogP contribution in [0, 0.1) is 6.92 Å².